The number of carbonyl (C=O) groups is 1. The maximum atomic E-state index is 13.0. The van der Waals surface area contributed by atoms with Crippen LogP contribution in [-0.4, -0.2) is 11.6 Å². The van der Waals surface area contributed by atoms with Gasteiger partial charge >= 0.3 is 5.97 Å². The first-order chi connectivity index (χ1) is 7.76. The van der Waals surface area contributed by atoms with Gasteiger partial charge in [-0.3, -0.25) is 4.79 Å². The van der Waals surface area contributed by atoms with Crippen LogP contribution in [0.3, 0.4) is 0 Å². The molecule has 0 aliphatic heterocycles. The molecule has 0 saturated carbocycles. The normalized spacial score (nSPS) is 11.3. The number of benzene rings is 1. The van der Waals surface area contributed by atoms with Gasteiger partial charge in [0.25, 0.3) is 0 Å². The van der Waals surface area contributed by atoms with Crippen LogP contribution in [0.5, 0.6) is 0 Å². The lowest BCUT2D eigenvalue weighted by Gasteiger charge is -2.19. The van der Waals surface area contributed by atoms with Crippen molar-refractivity contribution in [3.63, 3.8) is 0 Å². The Kier molecular flexibility index (Phi) is 4.10. The molecule has 0 atom stereocenters. The monoisotopic (exact) mass is 239 g/mol. The highest BCUT2D eigenvalue weighted by Gasteiger charge is 2.15. The van der Waals surface area contributed by atoms with E-state index in [-0.39, 0.29) is 18.2 Å². The van der Waals surface area contributed by atoms with Crippen LogP contribution in [0.2, 0.25) is 0 Å². The second-order valence-electron chi connectivity index (χ2n) is 4.98. The molecule has 0 aromatic heterocycles. The van der Waals surface area contributed by atoms with Crippen molar-refractivity contribution >= 4 is 11.7 Å². The highest BCUT2D eigenvalue weighted by molar-refractivity contribution is 5.70. The van der Waals surface area contributed by atoms with Crippen molar-refractivity contribution in [3.8, 4) is 0 Å². The van der Waals surface area contributed by atoms with Crippen molar-refractivity contribution < 1.29 is 13.9 Å². The second kappa shape index (κ2) is 5.17. The maximum Gasteiger partial charge on any atom is 0.306 e. The first kappa shape index (κ1) is 13.5. The van der Waals surface area contributed by atoms with Crippen molar-refractivity contribution in [1.29, 1.82) is 0 Å². The van der Waals surface area contributed by atoms with Crippen LogP contribution in [0.1, 0.15) is 32.8 Å². The summed E-state index contributed by atoms with van der Waals surface area (Å²) in [7, 11) is 0. The molecule has 0 radical (unpaired) electrons. The Morgan fingerprint density at radius 2 is 2.00 bits per heavy atom. The predicted octanol–water partition coefficient (Wildman–Crippen LogP) is 2.68. The molecule has 17 heavy (non-hydrogen) atoms. The van der Waals surface area contributed by atoms with Gasteiger partial charge in [-0.1, -0.05) is 0 Å². The standard InChI is InChI=1S/C13H18FNO2/c1-13(2,3)17-12(16)5-4-9-6-10(14)8-11(15)7-9/h6-8H,4-5,15H2,1-3H3. The lowest BCUT2D eigenvalue weighted by atomic mass is 10.1. The third-order valence-corrected chi connectivity index (χ3v) is 2.02. The number of nitrogens with two attached hydrogens (primary N) is 1. The van der Waals surface area contributed by atoms with Gasteiger partial charge in [0.1, 0.15) is 11.4 Å². The van der Waals surface area contributed by atoms with Gasteiger partial charge in [0.2, 0.25) is 0 Å². The lowest BCUT2D eigenvalue weighted by Crippen LogP contribution is -2.24. The summed E-state index contributed by atoms with van der Waals surface area (Å²) in [6, 6.07) is 4.28. The molecule has 4 heteroatoms. The van der Waals surface area contributed by atoms with E-state index in [0.29, 0.717) is 17.7 Å². The van der Waals surface area contributed by atoms with E-state index in [1.165, 1.54) is 12.1 Å². The number of hydrogen-bond acceptors (Lipinski definition) is 3. The minimum atomic E-state index is -0.488. The molecule has 0 saturated heterocycles. The summed E-state index contributed by atoms with van der Waals surface area (Å²) in [6.45, 7) is 5.43. The van der Waals surface area contributed by atoms with Crippen LogP contribution in [0, 0.1) is 5.82 Å². The summed E-state index contributed by atoms with van der Waals surface area (Å²) in [5.41, 5.74) is 6.09. The SMILES string of the molecule is CC(C)(C)OC(=O)CCc1cc(N)cc(F)c1. The molecule has 1 aromatic rings. The third kappa shape index (κ3) is 5.33. The Morgan fingerprint density at radius 3 is 2.53 bits per heavy atom. The molecular weight excluding hydrogens is 221 g/mol. The smallest absolute Gasteiger partial charge is 0.306 e. The second-order valence-corrected chi connectivity index (χ2v) is 4.98. The van der Waals surface area contributed by atoms with Crippen molar-refractivity contribution in [3.05, 3.63) is 29.6 Å². The molecular formula is C13H18FNO2. The summed E-state index contributed by atoms with van der Waals surface area (Å²) < 4.78 is 18.2. The Morgan fingerprint density at radius 1 is 1.35 bits per heavy atom. The fourth-order valence-corrected chi connectivity index (χ4v) is 1.46. The molecule has 0 fully saturated rings. The first-order valence-electron chi connectivity index (χ1n) is 5.53. The largest absolute Gasteiger partial charge is 0.460 e. The predicted molar refractivity (Wildman–Crippen MR) is 65.0 cm³/mol. The number of hydrogen-bond donors (Lipinski definition) is 1. The summed E-state index contributed by atoms with van der Waals surface area (Å²) in [5.74, 6) is -0.676. The van der Waals surface area contributed by atoms with Gasteiger partial charge in [0, 0.05) is 12.1 Å². The zero-order valence-corrected chi connectivity index (χ0v) is 10.4. The molecule has 94 valence electrons. The minimum absolute atomic E-state index is 0.222. The third-order valence-electron chi connectivity index (χ3n) is 2.02. The fraction of sp³-hybridized carbons (Fsp3) is 0.462. The van der Waals surface area contributed by atoms with Crippen LogP contribution in [0.25, 0.3) is 0 Å². The quantitative estimate of drug-likeness (QED) is 0.651. The topological polar surface area (TPSA) is 52.3 Å². The van der Waals surface area contributed by atoms with Gasteiger partial charge in [-0.15, -0.1) is 0 Å². The highest BCUT2D eigenvalue weighted by Crippen LogP contribution is 2.14. The van der Waals surface area contributed by atoms with Crippen molar-refractivity contribution in [2.24, 2.45) is 0 Å². The van der Waals surface area contributed by atoms with Crippen LogP contribution in [0.15, 0.2) is 18.2 Å². The number of ether oxygens (including phenoxy) is 1. The summed E-state index contributed by atoms with van der Waals surface area (Å²) in [4.78, 5) is 11.5. The zero-order valence-electron chi connectivity index (χ0n) is 10.4. The summed E-state index contributed by atoms with van der Waals surface area (Å²) in [6.07, 6.45) is 0.650. The number of nitrogen functional groups attached to an aromatic ring is 1. The van der Waals surface area contributed by atoms with E-state index in [0.717, 1.165) is 0 Å². The molecule has 2 N–H and O–H groups in total. The van der Waals surface area contributed by atoms with Gasteiger partial charge in [-0.2, -0.15) is 0 Å². The van der Waals surface area contributed by atoms with Gasteiger partial charge in [-0.05, 0) is 51.0 Å². The van der Waals surface area contributed by atoms with Crippen molar-refractivity contribution in [2.45, 2.75) is 39.2 Å². The number of anilines is 1. The summed E-state index contributed by atoms with van der Waals surface area (Å²) in [5, 5.41) is 0. The molecule has 0 aliphatic rings. The lowest BCUT2D eigenvalue weighted by molar-refractivity contribution is -0.154. The van der Waals surface area contributed by atoms with Gasteiger partial charge < -0.3 is 10.5 Å². The molecule has 0 amide bonds. The number of esters is 1. The first-order valence-corrected chi connectivity index (χ1v) is 5.53. The van der Waals surface area contributed by atoms with E-state index in [9.17, 15) is 9.18 Å². The molecule has 0 aliphatic carbocycles. The van der Waals surface area contributed by atoms with E-state index in [4.69, 9.17) is 10.5 Å². The Labute approximate surface area is 101 Å². The van der Waals surface area contributed by atoms with E-state index in [1.807, 2.05) is 20.8 Å². The molecule has 3 nitrogen and oxygen atoms in total. The minimum Gasteiger partial charge on any atom is -0.460 e. The van der Waals surface area contributed by atoms with Crippen molar-refractivity contribution in [1.82, 2.24) is 0 Å². The van der Waals surface area contributed by atoms with E-state index < -0.39 is 5.60 Å². The van der Waals surface area contributed by atoms with Crippen LogP contribution >= 0.6 is 0 Å². The number of carbonyl (C=O) groups excluding carboxylic acids is 1. The van der Waals surface area contributed by atoms with Gasteiger partial charge in [0.05, 0.1) is 0 Å². The number of rotatable bonds is 3. The van der Waals surface area contributed by atoms with E-state index in [1.54, 1.807) is 6.07 Å². The Bertz CT molecular complexity index is 390. The van der Waals surface area contributed by atoms with E-state index >= 15 is 0 Å². The van der Waals surface area contributed by atoms with Gasteiger partial charge in [-0.25, -0.2) is 4.39 Å². The Balaban J connectivity index is 2.53. The van der Waals surface area contributed by atoms with Crippen LogP contribution in [0.4, 0.5) is 10.1 Å². The average molecular weight is 239 g/mol. The summed E-state index contributed by atoms with van der Waals surface area (Å²) >= 11 is 0. The van der Waals surface area contributed by atoms with Crippen molar-refractivity contribution in [2.75, 3.05) is 5.73 Å². The Hall–Kier alpha value is -1.58. The molecule has 1 aromatic carbocycles. The average Bonchev–Trinajstić information content (AvgIpc) is 2.10. The molecule has 0 unspecified atom stereocenters. The fourth-order valence-electron chi connectivity index (χ4n) is 1.46. The van der Waals surface area contributed by atoms with E-state index in [2.05, 4.69) is 0 Å². The van der Waals surface area contributed by atoms with Gasteiger partial charge in [0.15, 0.2) is 0 Å². The zero-order chi connectivity index (χ0) is 13.1. The molecule has 0 heterocycles. The molecule has 0 spiro atoms. The molecule has 1 rings (SSSR count). The number of aryl methyl sites for hydroxylation is 1. The van der Waals surface area contributed by atoms with Crippen LogP contribution in [-0.2, 0) is 16.0 Å². The maximum absolute atomic E-state index is 13.0. The van der Waals surface area contributed by atoms with Crippen LogP contribution < -0.4 is 5.73 Å². The molecule has 0 bridgehead atoms. The number of halogens is 1. The highest BCUT2D eigenvalue weighted by atomic mass is 19.1.